The zero-order valence-electron chi connectivity index (χ0n) is 16.7. The number of ether oxygens (including phenoxy) is 1. The lowest BCUT2D eigenvalue weighted by atomic mass is 9.44. The molecule has 0 saturated heterocycles. The van der Waals surface area contributed by atoms with Crippen molar-refractivity contribution in [3.63, 3.8) is 0 Å². The Bertz CT molecular complexity index is 557. The van der Waals surface area contributed by atoms with E-state index >= 15 is 0 Å². The molecule has 3 saturated carbocycles. The van der Waals surface area contributed by atoms with Crippen LogP contribution in [0.2, 0.25) is 0 Å². The number of carbonyl (C=O) groups is 1. The van der Waals surface area contributed by atoms with Gasteiger partial charge in [-0.25, -0.2) is 0 Å². The number of aliphatic hydroxyl groups is 1. The molecule has 0 aromatic rings. The monoisotopic (exact) mass is 348 g/mol. The molecule has 0 aromatic heterocycles. The molecule has 2 bridgehead atoms. The average Bonchev–Trinajstić information content (AvgIpc) is 2.97. The number of methoxy groups -OCH3 is 1. The second kappa shape index (κ2) is 6.20. The Morgan fingerprint density at radius 1 is 1.28 bits per heavy atom. The van der Waals surface area contributed by atoms with E-state index in [9.17, 15) is 9.90 Å². The molecule has 0 aromatic carbocycles. The van der Waals surface area contributed by atoms with Crippen molar-refractivity contribution in [1.29, 1.82) is 0 Å². The number of hydrogen-bond acceptors (Lipinski definition) is 3. The van der Waals surface area contributed by atoms with Crippen molar-refractivity contribution >= 4 is 5.78 Å². The van der Waals surface area contributed by atoms with E-state index in [1.165, 1.54) is 0 Å². The van der Waals surface area contributed by atoms with Gasteiger partial charge in [0.15, 0.2) is 0 Å². The Labute approximate surface area is 153 Å². The van der Waals surface area contributed by atoms with Crippen molar-refractivity contribution < 1.29 is 14.6 Å². The molecule has 0 aliphatic heterocycles. The van der Waals surface area contributed by atoms with Gasteiger partial charge >= 0.3 is 0 Å². The van der Waals surface area contributed by atoms with Crippen LogP contribution in [-0.2, 0) is 9.53 Å². The summed E-state index contributed by atoms with van der Waals surface area (Å²) >= 11 is 0. The van der Waals surface area contributed by atoms with Crippen molar-refractivity contribution in [2.24, 2.45) is 34.0 Å². The third-order valence-corrected chi connectivity index (χ3v) is 8.77. The highest BCUT2D eigenvalue weighted by Gasteiger charge is 2.67. The summed E-state index contributed by atoms with van der Waals surface area (Å²) in [6.45, 7) is 12.6. The third-order valence-electron chi connectivity index (χ3n) is 8.77. The van der Waals surface area contributed by atoms with Crippen LogP contribution < -0.4 is 0 Å². The summed E-state index contributed by atoms with van der Waals surface area (Å²) in [6, 6.07) is 0. The van der Waals surface area contributed by atoms with Crippen LogP contribution in [0.4, 0.5) is 0 Å². The number of hydrogen-bond donors (Lipinski definition) is 1. The maximum absolute atomic E-state index is 13.6. The van der Waals surface area contributed by atoms with E-state index in [2.05, 4.69) is 27.4 Å². The Balaban J connectivity index is 2.18. The SMILES string of the molecule is C=CC[C@]1(C)C[C@@H](O)[C@@]2(C)C3C(OC)CCC3(CC[C@H]2C)[C@@H](C)C1=O. The Hall–Kier alpha value is -0.670. The van der Waals surface area contributed by atoms with E-state index in [0.29, 0.717) is 24.5 Å². The van der Waals surface area contributed by atoms with Gasteiger partial charge in [-0.3, -0.25) is 4.79 Å². The highest BCUT2D eigenvalue weighted by molar-refractivity contribution is 5.87. The number of aliphatic hydroxyl groups excluding tert-OH is 1. The van der Waals surface area contributed by atoms with Crippen LogP contribution in [0.5, 0.6) is 0 Å². The minimum atomic E-state index is -0.512. The molecule has 3 heteroatoms. The van der Waals surface area contributed by atoms with Gasteiger partial charge in [0.1, 0.15) is 5.78 Å². The van der Waals surface area contributed by atoms with Crippen molar-refractivity contribution in [2.75, 3.05) is 7.11 Å². The van der Waals surface area contributed by atoms with Gasteiger partial charge in [0.05, 0.1) is 12.2 Å². The fraction of sp³-hybridized carbons (Fsp3) is 0.864. The molecule has 3 rings (SSSR count). The van der Waals surface area contributed by atoms with E-state index in [-0.39, 0.29) is 28.8 Å². The summed E-state index contributed by atoms with van der Waals surface area (Å²) in [6.07, 6.45) is 6.93. The van der Waals surface area contributed by atoms with Crippen LogP contribution in [0.3, 0.4) is 0 Å². The van der Waals surface area contributed by atoms with Crippen molar-refractivity contribution in [1.82, 2.24) is 0 Å². The zero-order valence-corrected chi connectivity index (χ0v) is 16.7. The van der Waals surface area contributed by atoms with E-state index in [4.69, 9.17) is 4.74 Å². The highest BCUT2D eigenvalue weighted by atomic mass is 16.5. The predicted octanol–water partition coefficient (Wildman–Crippen LogP) is 4.39. The smallest absolute Gasteiger partial charge is 0.142 e. The van der Waals surface area contributed by atoms with Crippen molar-refractivity contribution in [2.45, 2.75) is 78.4 Å². The molecule has 0 radical (unpaired) electrons. The fourth-order valence-electron chi connectivity index (χ4n) is 7.03. The van der Waals surface area contributed by atoms with Crippen LogP contribution in [0.15, 0.2) is 12.7 Å². The zero-order chi connectivity index (χ0) is 18.6. The van der Waals surface area contributed by atoms with E-state index in [0.717, 1.165) is 25.7 Å². The molecule has 1 N–H and O–H groups in total. The molecule has 3 fully saturated rings. The van der Waals surface area contributed by atoms with Crippen LogP contribution >= 0.6 is 0 Å². The largest absolute Gasteiger partial charge is 0.393 e. The minimum Gasteiger partial charge on any atom is -0.393 e. The first-order valence-electron chi connectivity index (χ1n) is 10.0. The standard InChI is InChI=1S/C22H36O3/c1-7-10-20(4)13-17(23)21(5)14(2)8-11-22(15(3)19(20)24)12-9-16(25-6)18(21)22/h7,14-18,23H,1,8-13H2,2-6H3/t14-,15+,16?,17-,18?,20-,21+,22?/m1/s1. The average molecular weight is 349 g/mol. The molecule has 3 nitrogen and oxygen atoms in total. The van der Waals surface area contributed by atoms with Gasteiger partial charge in [0.2, 0.25) is 0 Å². The van der Waals surface area contributed by atoms with Gasteiger partial charge in [-0.2, -0.15) is 0 Å². The van der Waals surface area contributed by atoms with Gasteiger partial charge in [-0.15, -0.1) is 6.58 Å². The van der Waals surface area contributed by atoms with Gasteiger partial charge in [0, 0.05) is 23.9 Å². The molecule has 142 valence electrons. The molecule has 0 spiro atoms. The number of carbonyl (C=O) groups excluding carboxylic acids is 1. The Morgan fingerprint density at radius 3 is 2.52 bits per heavy atom. The Morgan fingerprint density at radius 2 is 1.92 bits per heavy atom. The van der Waals surface area contributed by atoms with Crippen LogP contribution in [-0.4, -0.2) is 30.2 Å². The predicted molar refractivity (Wildman–Crippen MR) is 100 cm³/mol. The lowest BCUT2D eigenvalue weighted by Crippen LogP contribution is -2.62. The summed E-state index contributed by atoms with van der Waals surface area (Å²) in [7, 11) is 1.80. The summed E-state index contributed by atoms with van der Waals surface area (Å²) in [4.78, 5) is 13.6. The number of rotatable bonds is 3. The van der Waals surface area contributed by atoms with E-state index < -0.39 is 11.5 Å². The molecule has 3 aliphatic rings. The second-order valence-electron chi connectivity index (χ2n) is 9.69. The first kappa shape index (κ1) is 19.1. The van der Waals surface area contributed by atoms with Gasteiger partial charge < -0.3 is 9.84 Å². The third kappa shape index (κ3) is 2.41. The van der Waals surface area contributed by atoms with E-state index in [1.54, 1.807) is 7.11 Å². The van der Waals surface area contributed by atoms with Crippen LogP contribution in [0, 0.1) is 34.0 Å². The number of allylic oxidation sites excluding steroid dienone is 1. The fourth-order valence-corrected chi connectivity index (χ4v) is 7.03. The van der Waals surface area contributed by atoms with Gasteiger partial charge in [-0.05, 0) is 55.8 Å². The summed E-state index contributed by atoms with van der Waals surface area (Å²) in [5.74, 6) is 1.03. The number of Topliss-reactive ketones (excluding diaryl/α,β-unsaturated/α-hetero) is 1. The molecule has 3 aliphatic carbocycles. The second-order valence-corrected chi connectivity index (χ2v) is 9.69. The topological polar surface area (TPSA) is 46.5 Å². The van der Waals surface area contributed by atoms with Crippen LogP contribution in [0.25, 0.3) is 0 Å². The van der Waals surface area contributed by atoms with Crippen LogP contribution in [0.1, 0.15) is 66.2 Å². The minimum absolute atomic E-state index is 0.0157. The molecule has 8 atom stereocenters. The Kier molecular flexibility index (Phi) is 4.73. The number of ketones is 1. The summed E-state index contributed by atoms with van der Waals surface area (Å²) < 4.78 is 5.91. The molecule has 0 heterocycles. The lowest BCUT2D eigenvalue weighted by Gasteiger charge is -2.61. The lowest BCUT2D eigenvalue weighted by molar-refractivity contribution is -0.191. The van der Waals surface area contributed by atoms with E-state index in [1.807, 2.05) is 13.0 Å². The highest BCUT2D eigenvalue weighted by Crippen LogP contribution is 2.68. The van der Waals surface area contributed by atoms with Crippen molar-refractivity contribution in [3.8, 4) is 0 Å². The molecule has 3 unspecified atom stereocenters. The maximum Gasteiger partial charge on any atom is 0.142 e. The van der Waals surface area contributed by atoms with Gasteiger partial charge in [-0.1, -0.05) is 33.8 Å². The normalized spacial score (nSPS) is 53.0. The molecule has 25 heavy (non-hydrogen) atoms. The summed E-state index contributed by atoms with van der Waals surface area (Å²) in [5.41, 5.74) is -0.738. The molecular weight excluding hydrogens is 312 g/mol. The summed E-state index contributed by atoms with van der Waals surface area (Å²) in [5, 5.41) is 11.4. The first-order chi connectivity index (χ1) is 11.7. The van der Waals surface area contributed by atoms with Crippen molar-refractivity contribution in [3.05, 3.63) is 12.7 Å². The molecular formula is C22H36O3. The van der Waals surface area contributed by atoms with Gasteiger partial charge in [0.25, 0.3) is 0 Å². The first-order valence-corrected chi connectivity index (χ1v) is 10.0. The molecule has 0 amide bonds. The maximum atomic E-state index is 13.6. The quantitative estimate of drug-likeness (QED) is 0.770.